The van der Waals surface area contributed by atoms with Crippen LogP contribution in [0.2, 0.25) is 0 Å². The van der Waals surface area contributed by atoms with Crippen LogP contribution in [0.15, 0.2) is 0 Å². The summed E-state index contributed by atoms with van der Waals surface area (Å²) < 4.78 is 0. The van der Waals surface area contributed by atoms with Crippen LogP contribution in [0.4, 0.5) is 0 Å². The van der Waals surface area contributed by atoms with Crippen LogP contribution in [0.3, 0.4) is 0 Å². The molecule has 0 N–H and O–H groups in total. The van der Waals surface area contributed by atoms with E-state index in [0.717, 1.165) is 29.6 Å². The Morgan fingerprint density at radius 3 is 0.300 bits per heavy atom. The molecule has 0 aliphatic rings. The van der Waals surface area contributed by atoms with Crippen LogP contribution in [0, 0.1) is 29.6 Å². The minimum absolute atomic E-state index is 0.935. The molecule has 0 rings (SSSR count). The van der Waals surface area contributed by atoms with Gasteiger partial charge in [-0.25, -0.2) is 0 Å². The number of hydrogen-bond donors (Lipinski definition) is 0. The fourth-order valence-electron chi connectivity index (χ4n) is 1.44. The predicted molar refractivity (Wildman–Crippen MR) is 149 cm³/mol. The average molecular weight is 431 g/mol. The molecular weight excluding hydrogens is 360 g/mol. The minimum Gasteiger partial charge on any atom is -0.0651 e. The van der Waals surface area contributed by atoms with Gasteiger partial charge in [-0.05, 0) is 29.6 Å². The van der Waals surface area contributed by atoms with E-state index in [0.29, 0.717) is 0 Å². The maximum absolute atomic E-state index is 2.28. The zero-order chi connectivity index (χ0) is 25.0. The monoisotopic (exact) mass is 431 g/mol. The Hall–Kier alpha value is 0. The molecule has 0 aliphatic heterocycles. The van der Waals surface area contributed by atoms with Gasteiger partial charge in [-0.2, -0.15) is 0 Å². The Morgan fingerprint density at radius 2 is 0.300 bits per heavy atom. The Kier molecular flexibility index (Phi) is 48.9. The predicted octanol–water partition coefficient (Wildman–Crippen LogP) is 12.2. The number of hydrogen-bond acceptors (Lipinski definition) is 0. The Balaban J connectivity index is -0.0000000868. The molecule has 0 heteroatoms. The van der Waals surface area contributed by atoms with E-state index >= 15 is 0 Å². The standard InChI is InChI=1S/5C6H14/c5*1-4-6(3)5-2/h5*6H,4-5H2,1-3H3. The third kappa shape index (κ3) is 51.0. The van der Waals surface area contributed by atoms with Crippen LogP contribution in [0.25, 0.3) is 0 Å². The maximum Gasteiger partial charge on any atom is -0.0448 e. The summed E-state index contributed by atoms with van der Waals surface area (Å²) in [5, 5.41) is 0. The fourth-order valence-corrected chi connectivity index (χ4v) is 1.44. The molecule has 0 saturated carbocycles. The van der Waals surface area contributed by atoms with Crippen molar-refractivity contribution in [1.82, 2.24) is 0 Å². The normalized spacial score (nSPS) is 10.0. The highest BCUT2D eigenvalue weighted by atomic mass is 14.0. The van der Waals surface area contributed by atoms with Crippen molar-refractivity contribution >= 4 is 0 Å². The van der Waals surface area contributed by atoms with Gasteiger partial charge in [0.1, 0.15) is 0 Å². The molecule has 190 valence electrons. The molecule has 0 aromatic carbocycles. The van der Waals surface area contributed by atoms with Gasteiger partial charge in [0, 0.05) is 0 Å². The first-order chi connectivity index (χ1) is 14.0. The van der Waals surface area contributed by atoms with E-state index in [1.54, 1.807) is 0 Å². The second-order valence-electron chi connectivity index (χ2n) is 9.61. The van der Waals surface area contributed by atoms with E-state index in [4.69, 9.17) is 0 Å². The van der Waals surface area contributed by atoms with Gasteiger partial charge in [-0.3, -0.25) is 0 Å². The van der Waals surface area contributed by atoms with Crippen LogP contribution in [0.1, 0.15) is 168 Å². The highest BCUT2D eigenvalue weighted by molar-refractivity contribution is 4.43. The van der Waals surface area contributed by atoms with Gasteiger partial charge in [0.2, 0.25) is 0 Å². The first kappa shape index (κ1) is 40.4. The molecular formula is C30H70. The molecule has 30 heavy (non-hydrogen) atoms. The Labute approximate surface area is 197 Å². The molecule has 0 saturated heterocycles. The largest absolute Gasteiger partial charge is 0.0651 e. The highest BCUT2D eigenvalue weighted by Crippen LogP contribution is 2.04. The van der Waals surface area contributed by atoms with Gasteiger partial charge in [-0.1, -0.05) is 168 Å². The average Bonchev–Trinajstić information content (AvgIpc) is 2.82. The van der Waals surface area contributed by atoms with E-state index in [2.05, 4.69) is 104 Å². The van der Waals surface area contributed by atoms with E-state index in [1.807, 2.05) is 0 Å². The molecule has 0 aromatic rings. The zero-order valence-corrected chi connectivity index (χ0v) is 25.0. The summed E-state index contributed by atoms with van der Waals surface area (Å²) >= 11 is 0. The van der Waals surface area contributed by atoms with Gasteiger partial charge in [0.05, 0.1) is 0 Å². The summed E-state index contributed by atoms with van der Waals surface area (Å²) in [5.74, 6) is 4.68. The van der Waals surface area contributed by atoms with E-state index in [9.17, 15) is 0 Å². The van der Waals surface area contributed by atoms with Crippen LogP contribution in [-0.2, 0) is 0 Å². The lowest BCUT2D eigenvalue weighted by atomic mass is 10.1. The second kappa shape index (κ2) is 36.4. The van der Waals surface area contributed by atoms with E-state index in [-0.39, 0.29) is 0 Å². The van der Waals surface area contributed by atoms with Crippen molar-refractivity contribution in [2.45, 2.75) is 168 Å². The minimum atomic E-state index is 0.935. The van der Waals surface area contributed by atoms with Gasteiger partial charge in [0.25, 0.3) is 0 Å². The molecule has 0 unspecified atom stereocenters. The molecule has 0 nitrogen and oxygen atoms in total. The first-order valence-corrected chi connectivity index (χ1v) is 14.0. The van der Waals surface area contributed by atoms with Crippen molar-refractivity contribution in [3.63, 3.8) is 0 Å². The summed E-state index contributed by atoms with van der Waals surface area (Å²) in [6.45, 7) is 33.7. The van der Waals surface area contributed by atoms with Crippen LogP contribution in [-0.4, -0.2) is 0 Å². The molecule has 0 aliphatic carbocycles. The van der Waals surface area contributed by atoms with E-state index in [1.165, 1.54) is 64.2 Å². The van der Waals surface area contributed by atoms with E-state index < -0.39 is 0 Å². The first-order valence-electron chi connectivity index (χ1n) is 14.0. The van der Waals surface area contributed by atoms with Gasteiger partial charge < -0.3 is 0 Å². The van der Waals surface area contributed by atoms with Crippen molar-refractivity contribution in [1.29, 1.82) is 0 Å². The van der Waals surface area contributed by atoms with Crippen molar-refractivity contribution in [2.75, 3.05) is 0 Å². The maximum atomic E-state index is 2.28. The quantitative estimate of drug-likeness (QED) is 0.323. The van der Waals surface area contributed by atoms with Gasteiger partial charge in [0.15, 0.2) is 0 Å². The molecule has 0 radical (unpaired) electrons. The molecule has 0 heterocycles. The van der Waals surface area contributed by atoms with Crippen LogP contribution in [0.5, 0.6) is 0 Å². The smallest absolute Gasteiger partial charge is 0.0448 e. The third-order valence-corrected chi connectivity index (χ3v) is 6.97. The molecule has 0 atom stereocenters. The summed E-state index contributed by atoms with van der Waals surface area (Å²) in [6, 6.07) is 0. The molecule has 0 amide bonds. The zero-order valence-electron chi connectivity index (χ0n) is 25.0. The Bertz CT molecular complexity index is 154. The Morgan fingerprint density at radius 1 is 0.233 bits per heavy atom. The SMILES string of the molecule is CCC(C)CC.CCC(C)CC.CCC(C)CC.CCC(C)CC.CCC(C)CC. The summed E-state index contributed by atoms with van der Waals surface area (Å²) in [4.78, 5) is 0. The fraction of sp³-hybridized carbons (Fsp3) is 1.00. The highest BCUT2D eigenvalue weighted by Gasteiger charge is 1.90. The van der Waals surface area contributed by atoms with Gasteiger partial charge >= 0.3 is 0 Å². The molecule has 0 bridgehead atoms. The van der Waals surface area contributed by atoms with Crippen molar-refractivity contribution in [3.05, 3.63) is 0 Å². The third-order valence-electron chi connectivity index (χ3n) is 6.97. The van der Waals surface area contributed by atoms with Crippen molar-refractivity contribution in [3.8, 4) is 0 Å². The lowest BCUT2D eigenvalue weighted by molar-refractivity contribution is 0.544. The lowest BCUT2D eigenvalue weighted by Crippen LogP contribution is -1.85. The number of rotatable bonds is 10. The molecule has 0 aromatic heterocycles. The topological polar surface area (TPSA) is 0 Å². The van der Waals surface area contributed by atoms with Crippen molar-refractivity contribution in [2.24, 2.45) is 29.6 Å². The second-order valence-corrected chi connectivity index (χ2v) is 9.61. The summed E-state index contributed by atoms with van der Waals surface area (Å²) in [6.07, 6.45) is 13.3. The summed E-state index contributed by atoms with van der Waals surface area (Å²) in [7, 11) is 0. The van der Waals surface area contributed by atoms with Crippen molar-refractivity contribution < 1.29 is 0 Å². The van der Waals surface area contributed by atoms with Gasteiger partial charge in [-0.15, -0.1) is 0 Å². The van der Waals surface area contributed by atoms with Crippen LogP contribution < -0.4 is 0 Å². The molecule has 0 spiro atoms. The summed E-state index contributed by atoms with van der Waals surface area (Å²) in [5.41, 5.74) is 0. The van der Waals surface area contributed by atoms with Crippen LogP contribution >= 0.6 is 0 Å². The molecule has 0 fully saturated rings. The lowest BCUT2D eigenvalue weighted by Gasteiger charge is -1.98.